The number of ether oxygens (including phenoxy) is 1. The van der Waals surface area contributed by atoms with Crippen LogP contribution in [-0.2, 0) is 25.9 Å². The van der Waals surface area contributed by atoms with Crippen LogP contribution in [0.15, 0.2) is 48.5 Å². The number of rotatable bonds is 7. The van der Waals surface area contributed by atoms with Crippen molar-refractivity contribution in [1.82, 2.24) is 9.80 Å². The molecule has 0 bridgehead atoms. The van der Waals surface area contributed by atoms with Crippen LogP contribution in [0.4, 0.5) is 0 Å². The number of likely N-dealkylation sites (N-methyl/N-ethyl adjacent to an activating group) is 1. The molecule has 0 N–H and O–H groups in total. The summed E-state index contributed by atoms with van der Waals surface area (Å²) < 4.78 is 29.0. The van der Waals surface area contributed by atoms with E-state index in [0.717, 1.165) is 4.90 Å². The second kappa shape index (κ2) is 9.61. The third kappa shape index (κ3) is 4.97. The van der Waals surface area contributed by atoms with Gasteiger partial charge in [-0.2, -0.15) is 0 Å². The highest BCUT2D eigenvalue weighted by Gasteiger charge is 2.37. The first-order chi connectivity index (χ1) is 16.6. The van der Waals surface area contributed by atoms with Crippen LogP contribution in [0, 0.1) is 0 Å². The Kier molecular flexibility index (Phi) is 6.75. The number of imide groups is 1. The summed E-state index contributed by atoms with van der Waals surface area (Å²) in [6.45, 7) is 3.49. The van der Waals surface area contributed by atoms with E-state index in [9.17, 15) is 27.6 Å². The predicted octanol–water partition coefficient (Wildman–Crippen LogP) is 2.06. The SMILES string of the molecule is CCN(C(=O)[C@H](C)OC(=O)c1cccc(CN2C(=O)c3ccccc3C2=O)c1)[C@@H]1CCS(=O)(=O)C1. The predicted molar refractivity (Wildman–Crippen MR) is 126 cm³/mol. The lowest BCUT2D eigenvalue weighted by Crippen LogP contribution is -2.46. The highest BCUT2D eigenvalue weighted by molar-refractivity contribution is 7.91. The standard InChI is InChI=1S/C25H26N2O7S/c1-3-26(19-11-12-35(32,33)15-19)22(28)16(2)34-25(31)18-8-6-7-17(13-18)14-27-23(29)20-9-4-5-10-21(20)24(27)30/h4-10,13,16,19H,3,11-12,14-15H2,1-2H3/t16-,19+/m0/s1. The van der Waals surface area contributed by atoms with Crippen molar-refractivity contribution in [3.8, 4) is 0 Å². The molecule has 184 valence electrons. The Hall–Kier alpha value is -3.53. The molecule has 9 nitrogen and oxygen atoms in total. The highest BCUT2D eigenvalue weighted by atomic mass is 32.2. The van der Waals surface area contributed by atoms with Gasteiger partial charge in [0.15, 0.2) is 15.9 Å². The van der Waals surface area contributed by atoms with Crippen LogP contribution < -0.4 is 0 Å². The van der Waals surface area contributed by atoms with Crippen molar-refractivity contribution in [2.75, 3.05) is 18.1 Å². The summed E-state index contributed by atoms with van der Waals surface area (Å²) >= 11 is 0. The Morgan fingerprint density at radius 2 is 1.74 bits per heavy atom. The molecule has 0 unspecified atom stereocenters. The van der Waals surface area contributed by atoms with Crippen LogP contribution in [0.3, 0.4) is 0 Å². The Morgan fingerprint density at radius 1 is 1.09 bits per heavy atom. The van der Waals surface area contributed by atoms with Crippen molar-refractivity contribution < 1.29 is 32.3 Å². The molecular weight excluding hydrogens is 472 g/mol. The first-order valence-electron chi connectivity index (χ1n) is 11.4. The minimum absolute atomic E-state index is 0.0122. The van der Waals surface area contributed by atoms with Crippen LogP contribution in [0.2, 0.25) is 0 Å². The maximum Gasteiger partial charge on any atom is 0.338 e. The molecule has 2 aromatic rings. The van der Waals surface area contributed by atoms with Crippen molar-refractivity contribution in [2.24, 2.45) is 0 Å². The molecule has 1 saturated heterocycles. The van der Waals surface area contributed by atoms with E-state index >= 15 is 0 Å². The molecule has 0 spiro atoms. The number of sulfone groups is 1. The average Bonchev–Trinajstić information content (AvgIpc) is 3.31. The van der Waals surface area contributed by atoms with Gasteiger partial charge < -0.3 is 9.64 Å². The first kappa shape index (κ1) is 24.6. The summed E-state index contributed by atoms with van der Waals surface area (Å²) in [6, 6.07) is 12.5. The Morgan fingerprint density at radius 3 is 2.31 bits per heavy atom. The number of nitrogens with zero attached hydrogens (tertiary/aromatic N) is 2. The topological polar surface area (TPSA) is 118 Å². The molecule has 35 heavy (non-hydrogen) atoms. The zero-order chi connectivity index (χ0) is 25.3. The molecule has 0 aromatic heterocycles. The van der Waals surface area contributed by atoms with Crippen molar-refractivity contribution in [3.63, 3.8) is 0 Å². The van der Waals surface area contributed by atoms with Gasteiger partial charge in [0.1, 0.15) is 0 Å². The maximum absolute atomic E-state index is 12.9. The van der Waals surface area contributed by atoms with E-state index in [-0.39, 0.29) is 23.6 Å². The van der Waals surface area contributed by atoms with Crippen molar-refractivity contribution >= 4 is 33.5 Å². The fourth-order valence-corrected chi connectivity index (χ4v) is 6.22. The summed E-state index contributed by atoms with van der Waals surface area (Å²) in [5.41, 5.74) is 1.41. The third-order valence-electron chi connectivity index (χ3n) is 6.29. The lowest BCUT2D eigenvalue weighted by molar-refractivity contribution is -0.141. The zero-order valence-electron chi connectivity index (χ0n) is 19.5. The molecule has 4 rings (SSSR count). The van der Waals surface area contributed by atoms with Gasteiger partial charge in [-0.15, -0.1) is 0 Å². The number of amides is 3. The van der Waals surface area contributed by atoms with E-state index in [1.807, 2.05) is 0 Å². The van der Waals surface area contributed by atoms with Crippen molar-refractivity contribution in [3.05, 3.63) is 70.8 Å². The van der Waals surface area contributed by atoms with Gasteiger partial charge in [-0.3, -0.25) is 19.3 Å². The molecule has 10 heteroatoms. The fourth-order valence-electron chi connectivity index (χ4n) is 4.49. The van der Waals surface area contributed by atoms with Gasteiger partial charge in [0.2, 0.25) is 0 Å². The van der Waals surface area contributed by atoms with E-state index in [1.165, 1.54) is 24.0 Å². The van der Waals surface area contributed by atoms with Gasteiger partial charge in [0, 0.05) is 12.6 Å². The smallest absolute Gasteiger partial charge is 0.338 e. The van der Waals surface area contributed by atoms with E-state index in [0.29, 0.717) is 29.7 Å². The summed E-state index contributed by atoms with van der Waals surface area (Å²) in [5.74, 6) is -2.03. The monoisotopic (exact) mass is 498 g/mol. The number of esters is 1. The van der Waals surface area contributed by atoms with E-state index in [1.54, 1.807) is 43.3 Å². The molecule has 0 saturated carbocycles. The van der Waals surface area contributed by atoms with Crippen molar-refractivity contribution in [2.45, 2.75) is 39.0 Å². The number of carbonyl (C=O) groups is 4. The third-order valence-corrected chi connectivity index (χ3v) is 8.04. The summed E-state index contributed by atoms with van der Waals surface area (Å²) in [7, 11) is -3.17. The number of carbonyl (C=O) groups excluding carboxylic acids is 4. The van der Waals surface area contributed by atoms with Gasteiger partial charge in [-0.25, -0.2) is 13.2 Å². The second-order valence-corrected chi connectivity index (χ2v) is 10.9. The molecule has 2 aromatic carbocycles. The quantitative estimate of drug-likeness (QED) is 0.424. The van der Waals surface area contributed by atoms with E-state index in [2.05, 4.69) is 0 Å². The fraction of sp³-hybridized carbons (Fsp3) is 0.360. The summed E-state index contributed by atoms with van der Waals surface area (Å²) in [6.07, 6.45) is -0.742. The molecule has 3 amide bonds. The van der Waals surface area contributed by atoms with Gasteiger partial charge in [0.25, 0.3) is 17.7 Å². The van der Waals surface area contributed by atoms with Gasteiger partial charge >= 0.3 is 5.97 Å². The Labute approximate surface area is 203 Å². The van der Waals surface area contributed by atoms with Crippen LogP contribution in [0.5, 0.6) is 0 Å². The average molecular weight is 499 g/mol. The Balaban J connectivity index is 1.42. The van der Waals surface area contributed by atoms with Gasteiger partial charge in [-0.05, 0) is 50.1 Å². The maximum atomic E-state index is 12.9. The minimum Gasteiger partial charge on any atom is -0.449 e. The molecular formula is C25H26N2O7S. The van der Waals surface area contributed by atoms with Crippen LogP contribution in [0.25, 0.3) is 0 Å². The molecule has 0 aliphatic carbocycles. The normalized spacial score (nSPS) is 19.4. The number of hydrogen-bond donors (Lipinski definition) is 0. The van der Waals surface area contributed by atoms with Gasteiger partial charge in [-0.1, -0.05) is 24.3 Å². The number of fused-ring (bicyclic) bond motifs is 1. The summed E-state index contributed by atoms with van der Waals surface area (Å²) in [5, 5.41) is 0. The lowest BCUT2D eigenvalue weighted by Gasteiger charge is -2.29. The molecule has 2 aliphatic rings. The lowest BCUT2D eigenvalue weighted by atomic mass is 10.1. The first-order valence-corrected chi connectivity index (χ1v) is 13.2. The van der Waals surface area contributed by atoms with Crippen LogP contribution >= 0.6 is 0 Å². The van der Waals surface area contributed by atoms with E-state index in [4.69, 9.17) is 4.74 Å². The largest absolute Gasteiger partial charge is 0.449 e. The molecule has 2 aliphatic heterocycles. The Bertz CT molecular complexity index is 1270. The molecule has 0 radical (unpaired) electrons. The molecule has 1 fully saturated rings. The van der Waals surface area contributed by atoms with Crippen molar-refractivity contribution in [1.29, 1.82) is 0 Å². The molecule has 2 heterocycles. The molecule has 2 atom stereocenters. The highest BCUT2D eigenvalue weighted by Crippen LogP contribution is 2.25. The van der Waals surface area contributed by atoms with E-state index < -0.39 is 45.7 Å². The second-order valence-electron chi connectivity index (χ2n) is 8.67. The van der Waals surface area contributed by atoms with Gasteiger partial charge in [0.05, 0.1) is 34.7 Å². The van der Waals surface area contributed by atoms with Crippen LogP contribution in [0.1, 0.15) is 56.9 Å². The minimum atomic E-state index is -3.17. The number of hydrogen-bond acceptors (Lipinski definition) is 7. The summed E-state index contributed by atoms with van der Waals surface area (Å²) in [4.78, 5) is 53.5. The van der Waals surface area contributed by atoms with Crippen LogP contribution in [-0.4, -0.2) is 72.1 Å². The number of benzene rings is 2. The zero-order valence-corrected chi connectivity index (χ0v) is 20.3.